The van der Waals surface area contributed by atoms with Gasteiger partial charge >= 0.3 is 0 Å². The number of hydrogen-bond donors (Lipinski definition) is 0. The minimum absolute atomic E-state index is 0.567. The average Bonchev–Trinajstić information content (AvgIpc) is 3.34. The van der Waals surface area contributed by atoms with Gasteiger partial charge in [-0.2, -0.15) is 0 Å². The normalized spacial score (nSPS) is 15.4. The standard InChI is InChI=1S/C20H24N4S2/c1-2-5-17(6-3-1)24-19(15-18-7-4-13-25-18)22-23-20(24)26-14-10-16-8-11-21-12-9-16/h4,7-9,11-13,17H,1-3,5-6,10,14-15H2. The summed E-state index contributed by atoms with van der Waals surface area (Å²) in [5.74, 6) is 2.15. The number of nitrogens with zero attached hydrogens (tertiary/aromatic N) is 4. The minimum Gasteiger partial charge on any atom is -0.303 e. The molecule has 4 nitrogen and oxygen atoms in total. The number of hydrogen-bond acceptors (Lipinski definition) is 5. The first kappa shape index (κ1) is 17.7. The van der Waals surface area contributed by atoms with Gasteiger partial charge in [0.05, 0.1) is 0 Å². The van der Waals surface area contributed by atoms with Crippen LogP contribution in [0.25, 0.3) is 0 Å². The fraction of sp³-hybridized carbons (Fsp3) is 0.450. The molecule has 0 aliphatic heterocycles. The second-order valence-corrected chi connectivity index (χ2v) is 8.87. The Bertz CT molecular complexity index is 793. The summed E-state index contributed by atoms with van der Waals surface area (Å²) in [4.78, 5) is 5.46. The van der Waals surface area contributed by atoms with Gasteiger partial charge in [-0.3, -0.25) is 4.98 Å². The molecule has 3 heterocycles. The van der Waals surface area contributed by atoms with Gasteiger partial charge < -0.3 is 4.57 Å². The molecule has 136 valence electrons. The molecule has 0 atom stereocenters. The second-order valence-electron chi connectivity index (χ2n) is 6.77. The van der Waals surface area contributed by atoms with E-state index in [1.54, 1.807) is 11.3 Å². The molecule has 1 aliphatic carbocycles. The highest BCUT2D eigenvalue weighted by Gasteiger charge is 2.23. The van der Waals surface area contributed by atoms with Gasteiger partial charge in [0.25, 0.3) is 0 Å². The van der Waals surface area contributed by atoms with Crippen LogP contribution in [0, 0.1) is 0 Å². The Hall–Kier alpha value is -1.66. The zero-order valence-corrected chi connectivity index (χ0v) is 16.5. The summed E-state index contributed by atoms with van der Waals surface area (Å²) < 4.78 is 2.45. The van der Waals surface area contributed by atoms with E-state index in [9.17, 15) is 0 Å². The van der Waals surface area contributed by atoms with Crippen molar-refractivity contribution in [2.24, 2.45) is 0 Å². The highest BCUT2D eigenvalue weighted by Crippen LogP contribution is 2.33. The molecule has 0 spiro atoms. The molecule has 1 saturated carbocycles. The van der Waals surface area contributed by atoms with Gasteiger partial charge in [-0.25, -0.2) is 0 Å². The first-order valence-corrected chi connectivity index (χ1v) is 11.2. The zero-order chi connectivity index (χ0) is 17.6. The van der Waals surface area contributed by atoms with Gasteiger partial charge in [0.2, 0.25) is 0 Å². The SMILES string of the molecule is c1csc(Cc2nnc(SCCc3ccncc3)n2C2CCCCC2)c1. The maximum atomic E-state index is 4.58. The maximum Gasteiger partial charge on any atom is 0.191 e. The van der Waals surface area contributed by atoms with Gasteiger partial charge in [0, 0.05) is 35.5 Å². The number of thioether (sulfide) groups is 1. The predicted molar refractivity (Wildman–Crippen MR) is 108 cm³/mol. The Kier molecular flexibility index (Phi) is 6.02. The van der Waals surface area contributed by atoms with Crippen molar-refractivity contribution in [1.82, 2.24) is 19.7 Å². The summed E-state index contributed by atoms with van der Waals surface area (Å²) in [5.41, 5.74) is 1.33. The number of aromatic nitrogens is 4. The molecule has 6 heteroatoms. The molecule has 3 aromatic heterocycles. The summed E-state index contributed by atoms with van der Waals surface area (Å²) >= 11 is 3.65. The Morgan fingerprint density at radius 1 is 1.08 bits per heavy atom. The van der Waals surface area contributed by atoms with E-state index in [4.69, 9.17) is 0 Å². The van der Waals surface area contributed by atoms with Crippen LogP contribution in [-0.2, 0) is 12.8 Å². The van der Waals surface area contributed by atoms with Crippen molar-refractivity contribution in [3.05, 3.63) is 58.3 Å². The zero-order valence-electron chi connectivity index (χ0n) is 14.9. The van der Waals surface area contributed by atoms with Crippen LogP contribution in [0.5, 0.6) is 0 Å². The van der Waals surface area contributed by atoms with Crippen molar-refractivity contribution < 1.29 is 0 Å². The maximum absolute atomic E-state index is 4.58. The van der Waals surface area contributed by atoms with Gasteiger partial charge in [0.1, 0.15) is 5.82 Å². The number of aryl methyl sites for hydroxylation is 1. The summed E-state index contributed by atoms with van der Waals surface area (Å²) in [6.45, 7) is 0. The van der Waals surface area contributed by atoms with E-state index in [0.717, 1.165) is 29.6 Å². The average molecular weight is 385 g/mol. The minimum atomic E-state index is 0.567. The predicted octanol–water partition coefficient (Wildman–Crippen LogP) is 5.17. The summed E-state index contributed by atoms with van der Waals surface area (Å²) in [5, 5.41) is 12.4. The summed E-state index contributed by atoms with van der Waals surface area (Å²) in [6, 6.07) is 9.06. The molecule has 0 aromatic carbocycles. The molecule has 0 radical (unpaired) electrons. The van der Waals surface area contributed by atoms with Gasteiger partial charge in [0.15, 0.2) is 5.16 Å². The molecule has 0 unspecified atom stereocenters. The van der Waals surface area contributed by atoms with Crippen molar-refractivity contribution in [3.63, 3.8) is 0 Å². The smallest absolute Gasteiger partial charge is 0.191 e. The molecular weight excluding hydrogens is 360 g/mol. The van der Waals surface area contributed by atoms with Crippen molar-refractivity contribution in [2.75, 3.05) is 5.75 Å². The Morgan fingerprint density at radius 2 is 1.92 bits per heavy atom. The van der Waals surface area contributed by atoms with Crippen LogP contribution in [-0.4, -0.2) is 25.5 Å². The van der Waals surface area contributed by atoms with Crippen LogP contribution >= 0.6 is 23.1 Å². The van der Waals surface area contributed by atoms with Crippen molar-refractivity contribution in [1.29, 1.82) is 0 Å². The van der Waals surface area contributed by atoms with E-state index in [-0.39, 0.29) is 0 Å². The molecule has 0 amide bonds. The van der Waals surface area contributed by atoms with Crippen LogP contribution in [0.1, 0.15) is 54.4 Å². The quantitative estimate of drug-likeness (QED) is 0.527. The molecule has 26 heavy (non-hydrogen) atoms. The monoisotopic (exact) mass is 384 g/mol. The van der Waals surface area contributed by atoms with E-state index < -0.39 is 0 Å². The highest BCUT2D eigenvalue weighted by molar-refractivity contribution is 7.99. The van der Waals surface area contributed by atoms with Crippen LogP contribution in [0.4, 0.5) is 0 Å². The van der Waals surface area contributed by atoms with Crippen LogP contribution in [0.2, 0.25) is 0 Å². The Labute approximate surface area is 163 Å². The number of rotatable bonds is 7. The third-order valence-electron chi connectivity index (χ3n) is 4.96. The molecular formula is C20H24N4S2. The molecule has 1 aliphatic rings. The molecule has 0 saturated heterocycles. The molecule has 4 rings (SSSR count). The third-order valence-corrected chi connectivity index (χ3v) is 6.78. The first-order valence-electron chi connectivity index (χ1n) is 9.38. The Balaban J connectivity index is 1.50. The third kappa shape index (κ3) is 4.35. The topological polar surface area (TPSA) is 43.6 Å². The molecule has 1 fully saturated rings. The van der Waals surface area contributed by atoms with E-state index in [1.165, 1.54) is 42.5 Å². The first-order chi connectivity index (χ1) is 12.9. The van der Waals surface area contributed by atoms with E-state index >= 15 is 0 Å². The molecule has 0 N–H and O–H groups in total. The van der Waals surface area contributed by atoms with Gasteiger partial charge in [-0.1, -0.05) is 37.1 Å². The highest BCUT2D eigenvalue weighted by atomic mass is 32.2. The lowest BCUT2D eigenvalue weighted by Gasteiger charge is -2.25. The van der Waals surface area contributed by atoms with E-state index in [2.05, 4.69) is 49.4 Å². The lowest BCUT2D eigenvalue weighted by Crippen LogP contribution is -2.17. The van der Waals surface area contributed by atoms with Crippen molar-refractivity contribution >= 4 is 23.1 Å². The summed E-state index contributed by atoms with van der Waals surface area (Å²) in [6.07, 6.45) is 12.2. The van der Waals surface area contributed by atoms with E-state index in [1.807, 2.05) is 24.2 Å². The lowest BCUT2D eigenvalue weighted by molar-refractivity contribution is 0.330. The largest absolute Gasteiger partial charge is 0.303 e. The van der Waals surface area contributed by atoms with Crippen LogP contribution in [0.3, 0.4) is 0 Å². The summed E-state index contributed by atoms with van der Waals surface area (Å²) in [7, 11) is 0. The van der Waals surface area contributed by atoms with Crippen LogP contribution in [0.15, 0.2) is 47.2 Å². The molecule has 3 aromatic rings. The molecule has 0 bridgehead atoms. The van der Waals surface area contributed by atoms with E-state index in [0.29, 0.717) is 6.04 Å². The van der Waals surface area contributed by atoms with Crippen molar-refractivity contribution in [2.45, 2.75) is 56.1 Å². The fourth-order valence-electron chi connectivity index (χ4n) is 3.61. The number of pyridine rings is 1. The van der Waals surface area contributed by atoms with Gasteiger partial charge in [-0.05, 0) is 48.4 Å². The number of thiophene rings is 1. The Morgan fingerprint density at radius 3 is 2.69 bits per heavy atom. The van der Waals surface area contributed by atoms with Crippen LogP contribution < -0.4 is 0 Å². The lowest BCUT2D eigenvalue weighted by atomic mass is 9.95. The fourth-order valence-corrected chi connectivity index (χ4v) is 5.32. The van der Waals surface area contributed by atoms with Crippen molar-refractivity contribution in [3.8, 4) is 0 Å². The van der Waals surface area contributed by atoms with Gasteiger partial charge in [-0.15, -0.1) is 21.5 Å². The second kappa shape index (κ2) is 8.82.